The number of anilines is 1. The lowest BCUT2D eigenvalue weighted by Crippen LogP contribution is -2.19. The van der Waals surface area contributed by atoms with Crippen molar-refractivity contribution in [2.24, 2.45) is 0 Å². The molecule has 10 heteroatoms. The van der Waals surface area contributed by atoms with E-state index in [1.165, 1.54) is 16.4 Å². The van der Waals surface area contributed by atoms with Gasteiger partial charge in [0, 0.05) is 10.2 Å². The molecular weight excluding hydrogens is 418 g/mol. The molecule has 1 amide bonds. The summed E-state index contributed by atoms with van der Waals surface area (Å²) in [5.74, 6) is 6.47. The summed E-state index contributed by atoms with van der Waals surface area (Å²) >= 11 is 4.65. The van der Waals surface area contributed by atoms with Gasteiger partial charge in [0.25, 0.3) is 5.95 Å². The van der Waals surface area contributed by atoms with Gasteiger partial charge in [0.1, 0.15) is 0 Å². The Bertz CT molecular complexity index is 966. The average Bonchev–Trinajstić information content (AvgIpc) is 3.10. The van der Waals surface area contributed by atoms with Gasteiger partial charge in [-0.15, -0.1) is 10.2 Å². The fourth-order valence-corrected chi connectivity index (χ4v) is 3.63. The molecule has 0 bridgehead atoms. The van der Waals surface area contributed by atoms with Crippen LogP contribution in [0.1, 0.15) is 17.0 Å². The first-order valence-electron chi connectivity index (χ1n) is 7.78. The molecule has 1 aromatic carbocycles. The predicted octanol–water partition coefficient (Wildman–Crippen LogP) is 2.60. The maximum atomic E-state index is 12.2. The van der Waals surface area contributed by atoms with Crippen LogP contribution in [0.3, 0.4) is 0 Å². The number of nitrogens with zero attached hydrogens (tertiary/aromatic N) is 5. The first-order chi connectivity index (χ1) is 12.3. The van der Waals surface area contributed by atoms with Gasteiger partial charge in [-0.25, -0.2) is 9.36 Å². The number of hydrogen-bond donors (Lipinski definition) is 2. The number of rotatable bonds is 5. The van der Waals surface area contributed by atoms with Gasteiger partial charge in [-0.2, -0.15) is 5.10 Å². The van der Waals surface area contributed by atoms with Crippen molar-refractivity contribution in [3.8, 4) is 5.95 Å². The van der Waals surface area contributed by atoms with E-state index in [2.05, 4.69) is 36.5 Å². The number of nitrogen functional groups attached to an aromatic ring is 1. The molecular formula is C16H18BrN7OS. The number of carbonyl (C=O) groups is 1. The molecule has 3 rings (SSSR count). The van der Waals surface area contributed by atoms with Gasteiger partial charge in [-0.05, 0) is 60.5 Å². The number of amides is 1. The van der Waals surface area contributed by atoms with E-state index in [9.17, 15) is 4.79 Å². The molecule has 26 heavy (non-hydrogen) atoms. The number of nitrogens with one attached hydrogen (secondary N) is 1. The van der Waals surface area contributed by atoms with Gasteiger partial charge < -0.3 is 11.2 Å². The third-order valence-corrected chi connectivity index (χ3v) is 5.18. The molecule has 0 spiro atoms. The van der Waals surface area contributed by atoms with Gasteiger partial charge in [0.05, 0.1) is 17.1 Å². The molecule has 8 nitrogen and oxygen atoms in total. The molecule has 3 aromatic rings. The number of thioether (sulfide) groups is 1. The lowest BCUT2D eigenvalue weighted by molar-refractivity contribution is -0.113. The monoisotopic (exact) mass is 435 g/mol. The molecule has 2 heterocycles. The number of nitrogens with two attached hydrogens (primary N) is 1. The van der Waals surface area contributed by atoms with Crippen LogP contribution in [0.5, 0.6) is 0 Å². The minimum atomic E-state index is -0.157. The highest BCUT2D eigenvalue weighted by molar-refractivity contribution is 9.10. The van der Waals surface area contributed by atoms with Crippen molar-refractivity contribution in [1.82, 2.24) is 24.7 Å². The lowest BCUT2D eigenvalue weighted by atomic mass is 10.2. The predicted molar refractivity (Wildman–Crippen MR) is 105 cm³/mol. The second-order valence-corrected chi connectivity index (χ2v) is 7.61. The highest BCUT2D eigenvalue weighted by Gasteiger charge is 2.16. The van der Waals surface area contributed by atoms with E-state index < -0.39 is 0 Å². The maximum absolute atomic E-state index is 12.2. The van der Waals surface area contributed by atoms with Crippen LogP contribution in [-0.4, -0.2) is 36.3 Å². The third kappa shape index (κ3) is 3.91. The Morgan fingerprint density at radius 1 is 1.27 bits per heavy atom. The van der Waals surface area contributed by atoms with Crippen LogP contribution in [-0.2, 0) is 4.79 Å². The molecule has 0 fully saturated rings. The van der Waals surface area contributed by atoms with Gasteiger partial charge >= 0.3 is 0 Å². The lowest BCUT2D eigenvalue weighted by Gasteiger charge is -2.08. The highest BCUT2D eigenvalue weighted by atomic mass is 79.9. The van der Waals surface area contributed by atoms with Crippen molar-refractivity contribution in [2.45, 2.75) is 25.9 Å². The molecule has 0 saturated carbocycles. The third-order valence-electron chi connectivity index (χ3n) is 3.58. The van der Waals surface area contributed by atoms with Crippen LogP contribution in [0.2, 0.25) is 0 Å². The molecule has 0 aliphatic carbocycles. The normalized spacial score (nSPS) is 10.9. The summed E-state index contributed by atoms with van der Waals surface area (Å²) in [6, 6.07) is 7.66. The number of aryl methyl sites for hydroxylation is 3. The topological polar surface area (TPSA) is 104 Å². The molecule has 136 valence electrons. The first kappa shape index (κ1) is 18.5. The van der Waals surface area contributed by atoms with Gasteiger partial charge in [0.2, 0.25) is 11.1 Å². The van der Waals surface area contributed by atoms with Crippen LogP contribution >= 0.6 is 27.7 Å². The van der Waals surface area contributed by atoms with Crippen LogP contribution in [0, 0.1) is 20.8 Å². The summed E-state index contributed by atoms with van der Waals surface area (Å²) in [5, 5.41) is 15.8. The molecule has 0 saturated heterocycles. The Morgan fingerprint density at radius 3 is 2.69 bits per heavy atom. The van der Waals surface area contributed by atoms with Crippen molar-refractivity contribution < 1.29 is 4.79 Å². The van der Waals surface area contributed by atoms with E-state index in [-0.39, 0.29) is 11.7 Å². The van der Waals surface area contributed by atoms with Crippen molar-refractivity contribution >= 4 is 39.3 Å². The zero-order valence-electron chi connectivity index (χ0n) is 14.5. The van der Waals surface area contributed by atoms with E-state index >= 15 is 0 Å². The quantitative estimate of drug-likeness (QED) is 0.471. The first-order valence-corrected chi connectivity index (χ1v) is 9.56. The summed E-state index contributed by atoms with van der Waals surface area (Å²) in [5.41, 5.74) is 3.60. The van der Waals surface area contributed by atoms with E-state index in [0.717, 1.165) is 27.1 Å². The van der Waals surface area contributed by atoms with E-state index in [1.807, 2.05) is 45.0 Å². The Morgan fingerprint density at radius 2 is 2.04 bits per heavy atom. The Hall–Kier alpha value is -2.33. The summed E-state index contributed by atoms with van der Waals surface area (Å²) in [6.07, 6.45) is 0. The minimum absolute atomic E-state index is 0.157. The summed E-state index contributed by atoms with van der Waals surface area (Å²) < 4.78 is 3.79. The van der Waals surface area contributed by atoms with Crippen molar-refractivity contribution in [3.63, 3.8) is 0 Å². The standard InChI is InChI=1S/C16H18BrN7OS/c1-9-4-5-13(12(17)6-9)19-14(25)8-26-16-21-20-15(23(16)18)24-11(3)7-10(2)22-24/h4-7H,8,18H2,1-3H3,(H,19,25). The molecule has 0 aliphatic heterocycles. The number of benzene rings is 1. The van der Waals surface area contributed by atoms with Crippen molar-refractivity contribution in [3.05, 3.63) is 45.7 Å². The molecule has 2 aromatic heterocycles. The summed E-state index contributed by atoms with van der Waals surface area (Å²) in [7, 11) is 0. The number of aromatic nitrogens is 5. The van der Waals surface area contributed by atoms with E-state index in [0.29, 0.717) is 11.1 Å². The van der Waals surface area contributed by atoms with Crippen LogP contribution in [0.15, 0.2) is 33.9 Å². The SMILES string of the molecule is Cc1ccc(NC(=O)CSc2nnc(-n3nc(C)cc3C)n2N)c(Br)c1. The van der Waals surface area contributed by atoms with Crippen LogP contribution < -0.4 is 11.2 Å². The fourth-order valence-electron chi connectivity index (χ4n) is 2.38. The average molecular weight is 436 g/mol. The second-order valence-electron chi connectivity index (χ2n) is 5.81. The van der Waals surface area contributed by atoms with Crippen LogP contribution in [0.4, 0.5) is 5.69 Å². The summed E-state index contributed by atoms with van der Waals surface area (Å²) in [6.45, 7) is 5.79. The maximum Gasteiger partial charge on any atom is 0.271 e. The summed E-state index contributed by atoms with van der Waals surface area (Å²) in [4.78, 5) is 12.2. The molecule has 3 N–H and O–H groups in total. The fraction of sp³-hybridized carbons (Fsp3) is 0.250. The second kappa shape index (κ2) is 7.50. The Kier molecular flexibility index (Phi) is 5.33. The highest BCUT2D eigenvalue weighted by Crippen LogP contribution is 2.24. The van der Waals surface area contributed by atoms with Crippen molar-refractivity contribution in [2.75, 3.05) is 16.9 Å². The number of halogens is 1. The zero-order chi connectivity index (χ0) is 18.8. The smallest absolute Gasteiger partial charge is 0.271 e. The van der Waals surface area contributed by atoms with E-state index in [1.54, 1.807) is 4.68 Å². The Labute approximate surface area is 163 Å². The largest absolute Gasteiger partial charge is 0.334 e. The van der Waals surface area contributed by atoms with Crippen molar-refractivity contribution in [1.29, 1.82) is 0 Å². The Balaban J connectivity index is 1.67. The number of carbonyl (C=O) groups excluding carboxylic acids is 1. The van der Waals surface area contributed by atoms with E-state index in [4.69, 9.17) is 5.84 Å². The molecule has 0 unspecified atom stereocenters. The molecule has 0 atom stereocenters. The van der Waals surface area contributed by atoms with Crippen LogP contribution in [0.25, 0.3) is 5.95 Å². The molecule has 0 radical (unpaired) electrons. The van der Waals surface area contributed by atoms with Gasteiger partial charge in [-0.1, -0.05) is 17.8 Å². The minimum Gasteiger partial charge on any atom is -0.334 e. The van der Waals surface area contributed by atoms with Gasteiger partial charge in [0.15, 0.2) is 0 Å². The van der Waals surface area contributed by atoms with Gasteiger partial charge in [-0.3, -0.25) is 4.79 Å². The number of hydrogen-bond acceptors (Lipinski definition) is 6. The zero-order valence-corrected chi connectivity index (χ0v) is 16.9. The molecule has 0 aliphatic rings.